The molecule has 0 spiro atoms. The molecular formula is C11H19F3N2O2. The van der Waals surface area contributed by atoms with Crippen molar-refractivity contribution in [1.29, 1.82) is 0 Å². The van der Waals surface area contributed by atoms with Crippen LogP contribution in [0, 0.1) is 5.92 Å². The third-order valence-corrected chi connectivity index (χ3v) is 3.16. The van der Waals surface area contributed by atoms with Crippen molar-refractivity contribution in [2.45, 2.75) is 32.0 Å². The molecule has 1 aliphatic heterocycles. The highest BCUT2D eigenvalue weighted by Gasteiger charge is 2.44. The minimum Gasteiger partial charge on any atom is -0.383 e. The molecule has 1 aliphatic rings. The van der Waals surface area contributed by atoms with Gasteiger partial charge < -0.3 is 10.4 Å². The number of halogens is 3. The minimum atomic E-state index is -4.55. The van der Waals surface area contributed by atoms with Crippen molar-refractivity contribution in [3.8, 4) is 0 Å². The van der Waals surface area contributed by atoms with Crippen LogP contribution in [0.5, 0.6) is 0 Å². The number of aliphatic hydroxyl groups is 1. The Labute approximate surface area is 104 Å². The van der Waals surface area contributed by atoms with Gasteiger partial charge in [-0.05, 0) is 38.8 Å². The summed E-state index contributed by atoms with van der Waals surface area (Å²) in [5, 5.41) is 11.8. The fraction of sp³-hybridized carbons (Fsp3) is 0.909. The normalized spacial score (nSPS) is 20.7. The number of piperidine rings is 1. The first kappa shape index (κ1) is 15.2. The smallest absolute Gasteiger partial charge is 0.383 e. The van der Waals surface area contributed by atoms with Gasteiger partial charge in [0.1, 0.15) is 0 Å². The average Bonchev–Trinajstić information content (AvgIpc) is 2.28. The number of carbonyl (C=O) groups excluding carboxylic acids is 1. The summed E-state index contributed by atoms with van der Waals surface area (Å²) < 4.78 is 36.9. The number of hydrogen-bond acceptors (Lipinski definition) is 3. The third-order valence-electron chi connectivity index (χ3n) is 3.16. The van der Waals surface area contributed by atoms with Gasteiger partial charge in [-0.3, -0.25) is 9.69 Å². The topological polar surface area (TPSA) is 52.6 Å². The third kappa shape index (κ3) is 4.45. The van der Waals surface area contributed by atoms with Gasteiger partial charge in [0.25, 0.3) is 0 Å². The van der Waals surface area contributed by atoms with Crippen LogP contribution in [0.25, 0.3) is 0 Å². The molecule has 0 aromatic heterocycles. The van der Waals surface area contributed by atoms with E-state index in [9.17, 15) is 18.0 Å². The molecule has 0 aromatic rings. The number of carbonyl (C=O) groups is 1. The van der Waals surface area contributed by atoms with Crippen LogP contribution >= 0.6 is 0 Å². The first-order valence-electron chi connectivity index (χ1n) is 6.08. The Morgan fingerprint density at radius 1 is 1.44 bits per heavy atom. The standard InChI is InChI=1S/C11H19F3N2O2/c1-2-15-9(17)7-16-5-3-8(4-6-16)10(18)11(12,13)14/h8,10,18H,2-7H2,1H3,(H,15,17). The van der Waals surface area contributed by atoms with Crippen LogP contribution in [0.3, 0.4) is 0 Å². The molecule has 1 amide bonds. The van der Waals surface area contributed by atoms with E-state index in [1.165, 1.54) is 0 Å². The lowest BCUT2D eigenvalue weighted by Gasteiger charge is -2.34. The number of rotatable bonds is 4. The molecule has 18 heavy (non-hydrogen) atoms. The van der Waals surface area contributed by atoms with Crippen molar-refractivity contribution in [3.63, 3.8) is 0 Å². The number of nitrogens with one attached hydrogen (secondary N) is 1. The Balaban J connectivity index is 2.35. The Morgan fingerprint density at radius 3 is 2.44 bits per heavy atom. The van der Waals surface area contributed by atoms with Crippen molar-refractivity contribution < 1.29 is 23.1 Å². The summed E-state index contributed by atoms with van der Waals surface area (Å²) in [7, 11) is 0. The predicted molar refractivity (Wildman–Crippen MR) is 59.9 cm³/mol. The van der Waals surface area contributed by atoms with Crippen LogP contribution in [0.1, 0.15) is 19.8 Å². The molecule has 0 aromatic carbocycles. The molecule has 1 fully saturated rings. The second-order valence-electron chi connectivity index (χ2n) is 4.55. The average molecular weight is 268 g/mol. The fourth-order valence-corrected chi connectivity index (χ4v) is 2.15. The van der Waals surface area contributed by atoms with E-state index in [0.717, 1.165) is 0 Å². The van der Waals surface area contributed by atoms with E-state index in [1.54, 1.807) is 0 Å². The van der Waals surface area contributed by atoms with E-state index in [1.807, 2.05) is 11.8 Å². The van der Waals surface area contributed by atoms with Crippen LogP contribution in [0.4, 0.5) is 13.2 Å². The van der Waals surface area contributed by atoms with Crippen LogP contribution in [-0.4, -0.2) is 54.4 Å². The van der Waals surface area contributed by atoms with Crippen molar-refractivity contribution >= 4 is 5.91 Å². The van der Waals surface area contributed by atoms with Gasteiger partial charge in [0.05, 0.1) is 6.54 Å². The number of nitrogens with zero attached hydrogens (tertiary/aromatic N) is 1. The molecule has 1 heterocycles. The molecular weight excluding hydrogens is 249 g/mol. The molecule has 0 bridgehead atoms. The fourth-order valence-electron chi connectivity index (χ4n) is 2.15. The molecule has 1 rings (SSSR count). The molecule has 7 heteroatoms. The summed E-state index contributed by atoms with van der Waals surface area (Å²) in [5.74, 6) is -0.872. The van der Waals surface area contributed by atoms with Gasteiger partial charge in [-0.15, -0.1) is 0 Å². The van der Waals surface area contributed by atoms with Crippen LogP contribution < -0.4 is 5.32 Å². The second-order valence-corrected chi connectivity index (χ2v) is 4.55. The SMILES string of the molecule is CCNC(=O)CN1CCC(C(O)C(F)(F)F)CC1. The second kappa shape index (κ2) is 6.38. The quantitative estimate of drug-likeness (QED) is 0.791. The summed E-state index contributed by atoms with van der Waals surface area (Å²) >= 11 is 0. The molecule has 2 N–H and O–H groups in total. The Morgan fingerprint density at radius 2 is 2.00 bits per heavy atom. The van der Waals surface area contributed by atoms with E-state index in [4.69, 9.17) is 5.11 Å². The highest BCUT2D eigenvalue weighted by Crippen LogP contribution is 2.31. The predicted octanol–water partition coefficient (Wildman–Crippen LogP) is 0.758. The van der Waals surface area contributed by atoms with Crippen LogP contribution in [0.15, 0.2) is 0 Å². The number of amides is 1. The summed E-state index contributed by atoms with van der Waals surface area (Å²) in [4.78, 5) is 13.1. The lowest BCUT2D eigenvalue weighted by atomic mass is 9.91. The minimum absolute atomic E-state index is 0.118. The van der Waals surface area contributed by atoms with Gasteiger partial charge in [-0.1, -0.05) is 0 Å². The summed E-state index contributed by atoms with van der Waals surface area (Å²) in [6.07, 6.45) is -6.27. The van der Waals surface area contributed by atoms with E-state index < -0.39 is 18.2 Å². The molecule has 0 radical (unpaired) electrons. The molecule has 0 aliphatic carbocycles. The van der Waals surface area contributed by atoms with E-state index in [-0.39, 0.29) is 25.3 Å². The zero-order valence-electron chi connectivity index (χ0n) is 10.3. The summed E-state index contributed by atoms with van der Waals surface area (Å²) in [6, 6.07) is 0. The highest BCUT2D eigenvalue weighted by molar-refractivity contribution is 5.77. The van der Waals surface area contributed by atoms with E-state index in [2.05, 4.69) is 5.32 Å². The molecule has 0 saturated carbocycles. The highest BCUT2D eigenvalue weighted by atomic mass is 19.4. The maximum absolute atomic E-state index is 12.3. The maximum Gasteiger partial charge on any atom is 0.414 e. The van der Waals surface area contributed by atoms with Crippen molar-refractivity contribution in [3.05, 3.63) is 0 Å². The number of aliphatic hydroxyl groups excluding tert-OH is 1. The largest absolute Gasteiger partial charge is 0.414 e. The number of alkyl halides is 3. The van der Waals surface area contributed by atoms with E-state index in [0.29, 0.717) is 19.6 Å². The summed E-state index contributed by atoms with van der Waals surface area (Å²) in [5.41, 5.74) is 0. The lowest BCUT2D eigenvalue weighted by molar-refractivity contribution is -0.223. The summed E-state index contributed by atoms with van der Waals surface area (Å²) in [6.45, 7) is 3.39. The molecule has 1 atom stereocenters. The number of likely N-dealkylation sites (N-methyl/N-ethyl adjacent to an activating group) is 1. The van der Waals surface area contributed by atoms with Gasteiger partial charge in [0.15, 0.2) is 6.10 Å². The maximum atomic E-state index is 12.3. The van der Waals surface area contributed by atoms with Crippen molar-refractivity contribution in [2.24, 2.45) is 5.92 Å². The van der Waals surface area contributed by atoms with E-state index >= 15 is 0 Å². The number of hydrogen-bond donors (Lipinski definition) is 2. The first-order valence-corrected chi connectivity index (χ1v) is 6.08. The Bertz CT molecular complexity index is 276. The first-order chi connectivity index (χ1) is 8.34. The van der Waals surface area contributed by atoms with Crippen LogP contribution in [0.2, 0.25) is 0 Å². The van der Waals surface area contributed by atoms with Gasteiger partial charge in [0.2, 0.25) is 5.91 Å². The van der Waals surface area contributed by atoms with Gasteiger partial charge >= 0.3 is 6.18 Å². The van der Waals surface area contributed by atoms with Crippen molar-refractivity contribution in [1.82, 2.24) is 10.2 Å². The molecule has 106 valence electrons. The van der Waals surface area contributed by atoms with Gasteiger partial charge in [0, 0.05) is 6.54 Å². The van der Waals surface area contributed by atoms with Gasteiger partial charge in [-0.25, -0.2) is 0 Å². The van der Waals surface area contributed by atoms with Crippen LogP contribution in [-0.2, 0) is 4.79 Å². The Kier molecular flexibility index (Phi) is 5.40. The number of likely N-dealkylation sites (tertiary alicyclic amines) is 1. The monoisotopic (exact) mass is 268 g/mol. The molecule has 1 unspecified atom stereocenters. The van der Waals surface area contributed by atoms with Crippen molar-refractivity contribution in [2.75, 3.05) is 26.2 Å². The zero-order chi connectivity index (χ0) is 13.8. The zero-order valence-corrected chi connectivity index (χ0v) is 10.3. The molecule has 4 nitrogen and oxygen atoms in total. The molecule has 1 saturated heterocycles. The lowest BCUT2D eigenvalue weighted by Crippen LogP contribution is -2.46. The Hall–Kier alpha value is -0.820. The van der Waals surface area contributed by atoms with Gasteiger partial charge in [-0.2, -0.15) is 13.2 Å².